The van der Waals surface area contributed by atoms with Crippen molar-refractivity contribution in [2.75, 3.05) is 0 Å². The third-order valence-corrected chi connectivity index (χ3v) is 4.93. The molecule has 1 aliphatic carbocycles. The lowest BCUT2D eigenvalue weighted by atomic mass is 10.1. The topological polar surface area (TPSA) is 67.9 Å². The zero-order valence-electron chi connectivity index (χ0n) is 16.2. The van der Waals surface area contributed by atoms with Crippen molar-refractivity contribution in [3.05, 3.63) is 51.5 Å². The molecule has 1 aromatic carbocycles. The number of ether oxygens (including phenoxy) is 1. The molecule has 8 heteroatoms. The molecule has 1 fully saturated rings. The fraction of sp³-hybridized carbons (Fsp3) is 0.381. The van der Waals surface area contributed by atoms with Gasteiger partial charge in [-0.3, -0.25) is 4.79 Å². The molecule has 0 saturated heterocycles. The van der Waals surface area contributed by atoms with Gasteiger partial charge in [0.25, 0.3) is 5.56 Å². The van der Waals surface area contributed by atoms with E-state index < -0.39 is 6.61 Å². The van der Waals surface area contributed by atoms with Gasteiger partial charge in [-0.15, -0.1) is 0 Å². The first-order chi connectivity index (χ1) is 13.9. The van der Waals surface area contributed by atoms with E-state index in [0.29, 0.717) is 28.0 Å². The molecule has 3 aromatic rings. The monoisotopic (exact) mass is 421 g/mol. The molecule has 0 amide bonds. The second-order valence-electron chi connectivity index (χ2n) is 6.96. The fourth-order valence-corrected chi connectivity index (χ4v) is 3.27. The van der Waals surface area contributed by atoms with Gasteiger partial charge in [-0.1, -0.05) is 44.2 Å². The van der Waals surface area contributed by atoms with Crippen LogP contribution in [0.25, 0.3) is 22.3 Å². The zero-order chi connectivity index (χ0) is 21.0. The van der Waals surface area contributed by atoms with E-state index >= 15 is 0 Å². The Morgan fingerprint density at radius 2 is 2.03 bits per heavy atom. The van der Waals surface area contributed by atoms with E-state index in [4.69, 9.17) is 11.6 Å². The Morgan fingerprint density at radius 3 is 2.62 bits per heavy atom. The standard InChI is InChI=1S/C15H10ClF2N3O2.C6H12/c1-7-14(22)21-13-12(20-7)10(4-5-19-13)9-3-2-8(6-11(9)16)23-15(17)18;1-2-3-6-4-5-6/h2-6,15H,1H3,(H,19,21,22);6H,2-5H2,1H3. The highest BCUT2D eigenvalue weighted by atomic mass is 35.5. The fourth-order valence-electron chi connectivity index (χ4n) is 3.00. The normalized spacial score (nSPS) is 13.3. The van der Waals surface area contributed by atoms with E-state index in [-0.39, 0.29) is 16.3 Å². The minimum absolute atomic E-state index is 0.0374. The van der Waals surface area contributed by atoms with Crippen molar-refractivity contribution in [2.45, 2.75) is 46.1 Å². The van der Waals surface area contributed by atoms with Crippen molar-refractivity contribution in [3.63, 3.8) is 0 Å². The highest BCUT2D eigenvalue weighted by molar-refractivity contribution is 6.33. The molecular formula is C21H22ClF2N3O2. The number of hydrogen-bond donors (Lipinski definition) is 1. The van der Waals surface area contributed by atoms with Crippen molar-refractivity contribution in [3.8, 4) is 16.9 Å². The average molecular weight is 422 g/mol. The first-order valence-corrected chi connectivity index (χ1v) is 9.87. The lowest BCUT2D eigenvalue weighted by Gasteiger charge is -2.10. The number of aryl methyl sites for hydroxylation is 1. The number of alkyl halides is 2. The number of halogens is 3. The summed E-state index contributed by atoms with van der Waals surface area (Å²) in [6.07, 6.45) is 7.43. The van der Waals surface area contributed by atoms with Crippen LogP contribution in [0.1, 0.15) is 38.3 Å². The highest BCUT2D eigenvalue weighted by Crippen LogP contribution is 2.34. The molecule has 0 atom stereocenters. The molecule has 0 radical (unpaired) electrons. The Morgan fingerprint density at radius 1 is 1.28 bits per heavy atom. The van der Waals surface area contributed by atoms with E-state index in [9.17, 15) is 13.6 Å². The average Bonchev–Trinajstić information content (AvgIpc) is 3.47. The van der Waals surface area contributed by atoms with Gasteiger partial charge in [0.05, 0.1) is 5.02 Å². The molecule has 0 bridgehead atoms. The molecule has 1 saturated carbocycles. The Balaban J connectivity index is 0.000000343. The van der Waals surface area contributed by atoms with Gasteiger partial charge in [0.15, 0.2) is 5.65 Å². The lowest BCUT2D eigenvalue weighted by Crippen LogP contribution is -2.12. The van der Waals surface area contributed by atoms with E-state index in [1.165, 1.54) is 44.0 Å². The van der Waals surface area contributed by atoms with E-state index in [2.05, 4.69) is 26.6 Å². The predicted molar refractivity (Wildman–Crippen MR) is 110 cm³/mol. The third kappa shape index (κ3) is 5.50. The van der Waals surface area contributed by atoms with Gasteiger partial charge in [-0.25, -0.2) is 9.97 Å². The van der Waals surface area contributed by atoms with Gasteiger partial charge >= 0.3 is 6.61 Å². The summed E-state index contributed by atoms with van der Waals surface area (Å²) in [5.74, 6) is 1.11. The maximum atomic E-state index is 12.2. The second-order valence-corrected chi connectivity index (χ2v) is 7.37. The van der Waals surface area contributed by atoms with Crippen molar-refractivity contribution in [1.82, 2.24) is 15.0 Å². The van der Waals surface area contributed by atoms with Crippen LogP contribution in [0.3, 0.4) is 0 Å². The van der Waals surface area contributed by atoms with Crippen molar-refractivity contribution in [1.29, 1.82) is 0 Å². The van der Waals surface area contributed by atoms with Crippen LogP contribution in [-0.4, -0.2) is 21.6 Å². The Bertz CT molecular complexity index is 1050. The number of hydrogen-bond acceptors (Lipinski definition) is 4. The summed E-state index contributed by atoms with van der Waals surface area (Å²) in [5.41, 5.74) is 1.95. The summed E-state index contributed by atoms with van der Waals surface area (Å²) in [5, 5.41) is 0.223. The maximum Gasteiger partial charge on any atom is 0.387 e. The van der Waals surface area contributed by atoms with Crippen LogP contribution in [0.5, 0.6) is 5.75 Å². The summed E-state index contributed by atoms with van der Waals surface area (Å²) in [6, 6.07) is 5.92. The Hall–Kier alpha value is -2.54. The summed E-state index contributed by atoms with van der Waals surface area (Å²) in [6.45, 7) is 0.919. The molecule has 1 N–H and O–H groups in total. The van der Waals surface area contributed by atoms with Crippen LogP contribution in [-0.2, 0) is 0 Å². The van der Waals surface area contributed by atoms with Crippen LogP contribution in [0.2, 0.25) is 5.02 Å². The minimum Gasteiger partial charge on any atom is -0.435 e. The molecule has 2 heterocycles. The predicted octanol–water partition coefficient (Wildman–Crippen LogP) is 5.74. The molecule has 0 spiro atoms. The van der Waals surface area contributed by atoms with Gasteiger partial charge in [0.2, 0.25) is 0 Å². The summed E-state index contributed by atoms with van der Waals surface area (Å²) >= 11 is 6.17. The number of nitrogens with one attached hydrogen (secondary N) is 1. The van der Waals surface area contributed by atoms with Crippen molar-refractivity contribution < 1.29 is 13.5 Å². The summed E-state index contributed by atoms with van der Waals surface area (Å²) in [7, 11) is 0. The molecule has 29 heavy (non-hydrogen) atoms. The van der Waals surface area contributed by atoms with Gasteiger partial charge in [-0.05, 0) is 37.1 Å². The Kier molecular flexibility index (Phi) is 6.79. The number of nitrogens with zero attached hydrogens (tertiary/aromatic N) is 2. The van der Waals surface area contributed by atoms with Crippen LogP contribution < -0.4 is 10.3 Å². The number of H-pyrrole nitrogens is 1. The minimum atomic E-state index is -2.92. The van der Waals surface area contributed by atoms with Crippen LogP contribution in [0.15, 0.2) is 35.3 Å². The number of rotatable bonds is 5. The van der Waals surface area contributed by atoms with Crippen molar-refractivity contribution in [2.24, 2.45) is 5.92 Å². The third-order valence-electron chi connectivity index (χ3n) is 4.61. The largest absolute Gasteiger partial charge is 0.435 e. The molecular weight excluding hydrogens is 400 g/mol. The number of pyridine rings is 1. The first kappa shape index (κ1) is 21.2. The molecule has 2 aromatic heterocycles. The SMILES string of the molecule is CCCC1CC1.Cc1nc2c(-c3ccc(OC(F)F)cc3Cl)ccnc2[nH]c1=O. The lowest BCUT2D eigenvalue weighted by molar-refractivity contribution is -0.0498. The van der Waals surface area contributed by atoms with Gasteiger partial charge in [-0.2, -0.15) is 8.78 Å². The highest BCUT2D eigenvalue weighted by Gasteiger charge is 2.18. The smallest absolute Gasteiger partial charge is 0.387 e. The van der Waals surface area contributed by atoms with Gasteiger partial charge in [0.1, 0.15) is 17.0 Å². The number of benzene rings is 1. The zero-order valence-corrected chi connectivity index (χ0v) is 17.0. The van der Waals surface area contributed by atoms with E-state index in [1.807, 2.05) is 0 Å². The van der Waals surface area contributed by atoms with E-state index in [1.54, 1.807) is 19.1 Å². The summed E-state index contributed by atoms with van der Waals surface area (Å²) < 4.78 is 28.8. The Labute approximate surface area is 172 Å². The van der Waals surface area contributed by atoms with Crippen LogP contribution in [0, 0.1) is 12.8 Å². The molecule has 1 aliphatic rings. The molecule has 4 rings (SSSR count). The second kappa shape index (κ2) is 9.31. The van der Waals surface area contributed by atoms with Crippen LogP contribution >= 0.6 is 11.6 Å². The quantitative estimate of drug-likeness (QED) is 0.570. The maximum absolute atomic E-state index is 12.2. The van der Waals surface area contributed by atoms with E-state index in [0.717, 1.165) is 5.92 Å². The molecule has 0 aliphatic heterocycles. The summed E-state index contributed by atoms with van der Waals surface area (Å²) in [4.78, 5) is 22.6. The number of fused-ring (bicyclic) bond motifs is 1. The number of aromatic amines is 1. The van der Waals surface area contributed by atoms with Crippen LogP contribution in [0.4, 0.5) is 8.78 Å². The molecule has 0 unspecified atom stereocenters. The molecule has 154 valence electrons. The van der Waals surface area contributed by atoms with Gasteiger partial charge in [0, 0.05) is 17.3 Å². The first-order valence-electron chi connectivity index (χ1n) is 9.49. The van der Waals surface area contributed by atoms with Gasteiger partial charge < -0.3 is 9.72 Å². The number of aromatic nitrogens is 3. The van der Waals surface area contributed by atoms with Crippen molar-refractivity contribution >= 4 is 22.8 Å². The molecule has 5 nitrogen and oxygen atoms in total.